The highest BCUT2D eigenvalue weighted by atomic mass is 16.6. The van der Waals surface area contributed by atoms with Crippen molar-refractivity contribution in [2.75, 3.05) is 20.3 Å². The third-order valence-corrected chi connectivity index (χ3v) is 4.57. The Labute approximate surface area is 180 Å². The van der Waals surface area contributed by atoms with Gasteiger partial charge in [0.1, 0.15) is 11.3 Å². The summed E-state index contributed by atoms with van der Waals surface area (Å²) in [6.07, 6.45) is 2.48. The van der Waals surface area contributed by atoms with Crippen molar-refractivity contribution in [3.63, 3.8) is 0 Å². The zero-order valence-electron chi connectivity index (χ0n) is 17.6. The summed E-state index contributed by atoms with van der Waals surface area (Å²) in [5, 5.41) is 3.70. The smallest absolute Gasteiger partial charge is 0.344 e. The molecule has 3 aromatic rings. The van der Waals surface area contributed by atoms with Crippen molar-refractivity contribution >= 4 is 22.8 Å². The molecule has 1 amide bonds. The second kappa shape index (κ2) is 10.3. The molecule has 0 unspecified atom stereocenters. The quantitative estimate of drug-likeness (QED) is 0.392. The van der Waals surface area contributed by atoms with Gasteiger partial charge in [0.15, 0.2) is 24.7 Å². The number of rotatable bonds is 10. The predicted octanol–water partition coefficient (Wildman–Crippen LogP) is 3.97. The number of esters is 1. The summed E-state index contributed by atoms with van der Waals surface area (Å²) in [5.41, 5.74) is 1.76. The summed E-state index contributed by atoms with van der Waals surface area (Å²) in [5.74, 6) is 0.437. The van der Waals surface area contributed by atoms with Crippen LogP contribution >= 0.6 is 0 Å². The Bertz CT molecular complexity index is 1040. The van der Waals surface area contributed by atoms with Gasteiger partial charge in [-0.05, 0) is 43.2 Å². The molecule has 1 aromatic heterocycles. The lowest BCUT2D eigenvalue weighted by Gasteiger charge is -2.13. The molecule has 3 rings (SSSR count). The Balaban J connectivity index is 1.46. The number of ether oxygens (including phenoxy) is 3. The first kappa shape index (κ1) is 22.0. The Hall–Kier alpha value is -3.74. The number of nitrogens with one attached hydrogen (secondary N) is 1. The van der Waals surface area contributed by atoms with Crippen LogP contribution in [0.1, 0.15) is 24.3 Å². The summed E-state index contributed by atoms with van der Waals surface area (Å²) in [4.78, 5) is 24.1. The van der Waals surface area contributed by atoms with Crippen LogP contribution in [0.3, 0.4) is 0 Å². The minimum absolute atomic E-state index is 0.344. The molecule has 0 bridgehead atoms. The first-order valence-corrected chi connectivity index (χ1v) is 9.84. The molecule has 1 heterocycles. The number of allylic oxidation sites excluding steroid dienone is 1. The molecule has 0 aliphatic rings. The number of hydrogen-bond donors (Lipinski definition) is 1. The number of carbonyl (C=O) groups excluding carboxylic acids is 2. The third-order valence-electron chi connectivity index (χ3n) is 4.57. The standard InChI is InChI=1S/C24H25NO6/c1-4-7-17-10-11-20(22(12-17)28-3)29-15-24(27)30-14-23(26)25-16(2)21-13-18-8-5-6-9-19(18)31-21/h4-6,8-13,16H,1,7,14-15H2,2-3H3,(H,25,26)/t16-/m1/s1. The number of hydrogen-bond acceptors (Lipinski definition) is 6. The van der Waals surface area contributed by atoms with E-state index in [0.29, 0.717) is 23.7 Å². The Morgan fingerprint density at radius 3 is 2.68 bits per heavy atom. The van der Waals surface area contributed by atoms with Crippen molar-refractivity contribution in [3.05, 3.63) is 72.5 Å². The molecule has 0 aliphatic carbocycles. The van der Waals surface area contributed by atoms with Crippen LogP contribution in [0.2, 0.25) is 0 Å². The molecular formula is C24H25NO6. The molecule has 31 heavy (non-hydrogen) atoms. The first-order chi connectivity index (χ1) is 15.0. The van der Waals surface area contributed by atoms with Crippen LogP contribution in [0.4, 0.5) is 0 Å². The van der Waals surface area contributed by atoms with Crippen LogP contribution in [0.5, 0.6) is 11.5 Å². The second-order valence-electron chi connectivity index (χ2n) is 6.90. The zero-order chi connectivity index (χ0) is 22.2. The van der Waals surface area contributed by atoms with Crippen molar-refractivity contribution in [3.8, 4) is 11.5 Å². The second-order valence-corrected chi connectivity index (χ2v) is 6.90. The number of benzene rings is 2. The van der Waals surface area contributed by atoms with Gasteiger partial charge in [0.25, 0.3) is 5.91 Å². The maximum Gasteiger partial charge on any atom is 0.344 e. The summed E-state index contributed by atoms with van der Waals surface area (Å²) < 4.78 is 21.5. The lowest BCUT2D eigenvalue weighted by atomic mass is 10.1. The van der Waals surface area contributed by atoms with Crippen LogP contribution in [0.15, 0.2) is 65.6 Å². The van der Waals surface area contributed by atoms with Crippen LogP contribution in [-0.2, 0) is 20.7 Å². The van der Waals surface area contributed by atoms with E-state index >= 15 is 0 Å². The molecule has 0 radical (unpaired) electrons. The molecule has 7 heteroatoms. The Morgan fingerprint density at radius 1 is 1.13 bits per heavy atom. The van der Waals surface area contributed by atoms with Gasteiger partial charge in [0.05, 0.1) is 13.2 Å². The van der Waals surface area contributed by atoms with Gasteiger partial charge in [0, 0.05) is 5.39 Å². The Morgan fingerprint density at radius 2 is 1.94 bits per heavy atom. The normalized spacial score (nSPS) is 11.5. The van der Waals surface area contributed by atoms with E-state index in [0.717, 1.165) is 16.5 Å². The van der Waals surface area contributed by atoms with Gasteiger partial charge >= 0.3 is 5.97 Å². The number of carbonyl (C=O) groups is 2. The van der Waals surface area contributed by atoms with Crippen molar-refractivity contribution in [2.24, 2.45) is 0 Å². The summed E-state index contributed by atoms with van der Waals surface area (Å²) >= 11 is 0. The van der Waals surface area contributed by atoms with E-state index in [4.69, 9.17) is 18.6 Å². The third kappa shape index (κ3) is 5.88. The SMILES string of the molecule is C=CCc1ccc(OCC(=O)OCC(=O)N[C@H](C)c2cc3ccccc3o2)c(OC)c1. The largest absolute Gasteiger partial charge is 0.493 e. The summed E-state index contributed by atoms with van der Waals surface area (Å²) in [6, 6.07) is 14.5. The lowest BCUT2D eigenvalue weighted by Crippen LogP contribution is -2.31. The molecule has 0 aliphatic heterocycles. The van der Waals surface area contributed by atoms with Crippen LogP contribution in [0.25, 0.3) is 11.0 Å². The monoisotopic (exact) mass is 423 g/mol. The number of furan rings is 1. The highest BCUT2D eigenvalue weighted by Gasteiger charge is 2.16. The highest BCUT2D eigenvalue weighted by Crippen LogP contribution is 2.28. The van der Waals surface area contributed by atoms with E-state index in [2.05, 4.69) is 11.9 Å². The first-order valence-electron chi connectivity index (χ1n) is 9.84. The molecule has 0 saturated carbocycles. The van der Waals surface area contributed by atoms with Gasteiger partial charge in [-0.1, -0.05) is 30.3 Å². The maximum atomic E-state index is 12.1. The van der Waals surface area contributed by atoms with Gasteiger partial charge in [0.2, 0.25) is 0 Å². The predicted molar refractivity (Wildman–Crippen MR) is 116 cm³/mol. The number of amides is 1. The molecular weight excluding hydrogens is 398 g/mol. The van der Waals surface area contributed by atoms with Crippen molar-refractivity contribution in [1.29, 1.82) is 0 Å². The fourth-order valence-corrected chi connectivity index (χ4v) is 3.02. The molecule has 2 aromatic carbocycles. The van der Waals surface area contributed by atoms with E-state index in [9.17, 15) is 9.59 Å². The minimum atomic E-state index is -0.663. The van der Waals surface area contributed by atoms with Crippen LogP contribution in [0, 0.1) is 0 Å². The van der Waals surface area contributed by atoms with Crippen molar-refractivity contribution < 1.29 is 28.2 Å². The summed E-state index contributed by atoms with van der Waals surface area (Å²) in [6.45, 7) is 4.74. The Kier molecular flexibility index (Phi) is 7.32. The number of fused-ring (bicyclic) bond motifs is 1. The van der Waals surface area contributed by atoms with Crippen molar-refractivity contribution in [1.82, 2.24) is 5.32 Å². The van der Waals surface area contributed by atoms with Crippen LogP contribution in [-0.4, -0.2) is 32.2 Å². The topological polar surface area (TPSA) is 87.0 Å². The number of methoxy groups -OCH3 is 1. The lowest BCUT2D eigenvalue weighted by molar-refractivity contribution is -0.150. The van der Waals surface area contributed by atoms with Gasteiger partial charge in [-0.2, -0.15) is 0 Å². The average Bonchev–Trinajstić information content (AvgIpc) is 3.21. The fraction of sp³-hybridized carbons (Fsp3) is 0.250. The zero-order valence-corrected chi connectivity index (χ0v) is 17.6. The molecule has 162 valence electrons. The average molecular weight is 423 g/mol. The molecule has 1 N–H and O–H groups in total. The maximum absolute atomic E-state index is 12.1. The van der Waals surface area contributed by atoms with E-state index < -0.39 is 18.5 Å². The highest BCUT2D eigenvalue weighted by molar-refractivity contribution is 5.82. The van der Waals surface area contributed by atoms with Gasteiger partial charge in [-0.3, -0.25) is 4.79 Å². The van der Waals surface area contributed by atoms with Crippen LogP contribution < -0.4 is 14.8 Å². The van der Waals surface area contributed by atoms with E-state index in [1.54, 1.807) is 19.1 Å². The van der Waals surface area contributed by atoms with E-state index in [1.165, 1.54) is 7.11 Å². The molecule has 7 nitrogen and oxygen atoms in total. The molecule has 1 atom stereocenters. The molecule has 0 fully saturated rings. The summed E-state index contributed by atoms with van der Waals surface area (Å²) in [7, 11) is 1.52. The van der Waals surface area contributed by atoms with E-state index in [1.807, 2.05) is 42.5 Å². The van der Waals surface area contributed by atoms with Crippen molar-refractivity contribution in [2.45, 2.75) is 19.4 Å². The van der Waals surface area contributed by atoms with Gasteiger partial charge in [-0.25, -0.2) is 4.79 Å². The van der Waals surface area contributed by atoms with E-state index in [-0.39, 0.29) is 12.6 Å². The molecule has 0 saturated heterocycles. The fourth-order valence-electron chi connectivity index (χ4n) is 3.02. The van der Waals surface area contributed by atoms with Gasteiger partial charge < -0.3 is 23.9 Å². The minimum Gasteiger partial charge on any atom is -0.493 e. The molecule has 0 spiro atoms. The van der Waals surface area contributed by atoms with Gasteiger partial charge in [-0.15, -0.1) is 6.58 Å². The number of para-hydroxylation sites is 1.